The van der Waals surface area contributed by atoms with Crippen molar-refractivity contribution < 1.29 is 9.59 Å². The second kappa shape index (κ2) is 3.17. The molecule has 0 aromatic rings. The lowest BCUT2D eigenvalue weighted by Gasteiger charge is -2.20. The van der Waals surface area contributed by atoms with Crippen LogP contribution in [0.3, 0.4) is 0 Å². The largest absolute Gasteiger partial charge is 0.368 e. The molecule has 3 nitrogen and oxygen atoms in total. The van der Waals surface area contributed by atoms with Crippen LogP contribution in [0.5, 0.6) is 0 Å². The number of rotatable bonds is 1. The van der Waals surface area contributed by atoms with Crippen molar-refractivity contribution in [3.8, 4) is 0 Å². The number of hydrogen-bond donors (Lipinski definition) is 0. The number of ketones is 2. The lowest BCUT2D eigenvalue weighted by molar-refractivity contribution is -0.115. The van der Waals surface area contributed by atoms with Crippen molar-refractivity contribution in [3.05, 3.63) is 23.9 Å². The average Bonchev–Trinajstić information content (AvgIpc) is 2.61. The van der Waals surface area contributed by atoms with Crippen LogP contribution < -0.4 is 0 Å². The Kier molecular flexibility index (Phi) is 2.00. The Labute approximate surface area is 76.7 Å². The Balaban J connectivity index is 2.21. The Morgan fingerprint density at radius 2 is 1.77 bits per heavy atom. The maximum Gasteiger partial charge on any atom is 0.202 e. The van der Waals surface area contributed by atoms with Crippen molar-refractivity contribution >= 4 is 11.6 Å². The van der Waals surface area contributed by atoms with E-state index in [0.717, 1.165) is 25.9 Å². The van der Waals surface area contributed by atoms with Gasteiger partial charge in [0.05, 0.1) is 5.70 Å². The normalized spacial score (nSPS) is 22.5. The molecule has 0 bridgehead atoms. The Hall–Kier alpha value is -1.38. The zero-order chi connectivity index (χ0) is 9.26. The monoisotopic (exact) mass is 177 g/mol. The highest BCUT2D eigenvalue weighted by molar-refractivity contribution is 6.16. The molecule has 1 saturated heterocycles. The highest BCUT2D eigenvalue weighted by Crippen LogP contribution is 2.17. The summed E-state index contributed by atoms with van der Waals surface area (Å²) in [6.45, 7) is 1.80. The molecule has 0 atom stereocenters. The van der Waals surface area contributed by atoms with Crippen LogP contribution in [-0.2, 0) is 9.59 Å². The molecular weight excluding hydrogens is 166 g/mol. The van der Waals surface area contributed by atoms with E-state index in [9.17, 15) is 9.59 Å². The molecule has 1 heterocycles. The van der Waals surface area contributed by atoms with Gasteiger partial charge in [0.15, 0.2) is 5.78 Å². The Morgan fingerprint density at radius 1 is 1.08 bits per heavy atom. The van der Waals surface area contributed by atoms with Crippen LogP contribution in [0.15, 0.2) is 23.9 Å². The molecule has 13 heavy (non-hydrogen) atoms. The van der Waals surface area contributed by atoms with Gasteiger partial charge in [-0.05, 0) is 25.0 Å². The average molecular weight is 177 g/mol. The number of likely N-dealkylation sites (tertiary alicyclic amines) is 1. The molecule has 0 aromatic carbocycles. The van der Waals surface area contributed by atoms with Gasteiger partial charge in [0, 0.05) is 19.2 Å². The molecule has 2 rings (SSSR count). The minimum absolute atomic E-state index is 0.0403. The van der Waals surface area contributed by atoms with Crippen molar-refractivity contribution in [3.63, 3.8) is 0 Å². The maximum atomic E-state index is 11.4. The first-order chi connectivity index (χ1) is 6.27. The molecule has 1 fully saturated rings. The highest BCUT2D eigenvalue weighted by Gasteiger charge is 2.21. The van der Waals surface area contributed by atoms with Gasteiger partial charge in [-0.2, -0.15) is 0 Å². The molecule has 0 N–H and O–H groups in total. The number of carbonyl (C=O) groups excluding carboxylic acids is 2. The zero-order valence-corrected chi connectivity index (χ0v) is 7.32. The first-order valence-electron chi connectivity index (χ1n) is 4.50. The summed E-state index contributed by atoms with van der Waals surface area (Å²) in [6.07, 6.45) is 6.34. The first-order valence-corrected chi connectivity index (χ1v) is 4.50. The summed E-state index contributed by atoms with van der Waals surface area (Å²) < 4.78 is 0. The first kappa shape index (κ1) is 8.23. The van der Waals surface area contributed by atoms with Crippen LogP contribution in [0.4, 0.5) is 0 Å². The fourth-order valence-electron chi connectivity index (χ4n) is 1.70. The van der Waals surface area contributed by atoms with Crippen molar-refractivity contribution in [2.45, 2.75) is 12.8 Å². The SMILES string of the molecule is O=C1C=CC(=O)C(N2CCCC2)=C1. The summed E-state index contributed by atoms with van der Waals surface area (Å²) in [4.78, 5) is 24.4. The number of carbonyl (C=O) groups is 2. The van der Waals surface area contributed by atoms with E-state index in [1.165, 1.54) is 18.2 Å². The van der Waals surface area contributed by atoms with E-state index in [2.05, 4.69) is 0 Å². The minimum atomic E-state index is -0.0819. The second-order valence-corrected chi connectivity index (χ2v) is 3.32. The molecule has 0 radical (unpaired) electrons. The minimum Gasteiger partial charge on any atom is -0.368 e. The van der Waals surface area contributed by atoms with Crippen molar-refractivity contribution in [1.29, 1.82) is 0 Å². The lowest BCUT2D eigenvalue weighted by atomic mass is 10.1. The van der Waals surface area contributed by atoms with Crippen LogP contribution in [0.2, 0.25) is 0 Å². The standard InChI is InChI=1S/C10H11NO2/c12-8-3-4-10(13)9(7-8)11-5-1-2-6-11/h3-4,7H,1-2,5-6H2. The molecule has 2 aliphatic rings. The van der Waals surface area contributed by atoms with Crippen LogP contribution in [-0.4, -0.2) is 29.6 Å². The summed E-state index contributed by atoms with van der Waals surface area (Å²) in [5.74, 6) is -0.122. The van der Waals surface area contributed by atoms with E-state index in [1.807, 2.05) is 4.90 Å². The molecule has 0 aromatic heterocycles. The zero-order valence-electron chi connectivity index (χ0n) is 7.32. The molecule has 0 saturated carbocycles. The molecule has 1 aliphatic heterocycles. The van der Waals surface area contributed by atoms with Crippen molar-refractivity contribution in [1.82, 2.24) is 4.90 Å². The van der Waals surface area contributed by atoms with Crippen molar-refractivity contribution in [2.24, 2.45) is 0 Å². The Bertz CT molecular complexity index is 309. The molecule has 3 heteroatoms. The number of allylic oxidation sites excluding steroid dienone is 3. The van der Waals surface area contributed by atoms with Crippen LogP contribution in [0.1, 0.15) is 12.8 Å². The summed E-state index contributed by atoms with van der Waals surface area (Å²) in [5, 5.41) is 0. The third kappa shape index (κ3) is 1.54. The van der Waals surface area contributed by atoms with E-state index < -0.39 is 0 Å². The second-order valence-electron chi connectivity index (χ2n) is 3.32. The van der Waals surface area contributed by atoms with Gasteiger partial charge < -0.3 is 4.90 Å². The smallest absolute Gasteiger partial charge is 0.202 e. The Morgan fingerprint density at radius 3 is 2.46 bits per heavy atom. The summed E-state index contributed by atoms with van der Waals surface area (Å²) >= 11 is 0. The molecule has 68 valence electrons. The number of nitrogens with zero attached hydrogens (tertiary/aromatic N) is 1. The van der Waals surface area contributed by atoms with E-state index in [0.29, 0.717) is 5.70 Å². The molecular formula is C10H11NO2. The van der Waals surface area contributed by atoms with Gasteiger partial charge in [-0.3, -0.25) is 9.59 Å². The highest BCUT2D eigenvalue weighted by atomic mass is 16.1. The van der Waals surface area contributed by atoms with Gasteiger partial charge in [-0.1, -0.05) is 0 Å². The molecule has 0 unspecified atom stereocenters. The quantitative estimate of drug-likeness (QED) is 0.552. The van der Waals surface area contributed by atoms with Gasteiger partial charge in [0.25, 0.3) is 0 Å². The fourth-order valence-corrected chi connectivity index (χ4v) is 1.70. The lowest BCUT2D eigenvalue weighted by Crippen LogP contribution is -2.26. The number of hydrogen-bond acceptors (Lipinski definition) is 3. The molecule has 0 amide bonds. The van der Waals surface area contributed by atoms with Gasteiger partial charge in [-0.15, -0.1) is 0 Å². The summed E-state index contributed by atoms with van der Waals surface area (Å²) in [5.41, 5.74) is 0.574. The van der Waals surface area contributed by atoms with Crippen LogP contribution >= 0.6 is 0 Å². The van der Waals surface area contributed by atoms with E-state index in [1.54, 1.807) is 0 Å². The summed E-state index contributed by atoms with van der Waals surface area (Å²) in [6, 6.07) is 0. The molecule has 0 spiro atoms. The predicted molar refractivity (Wildman–Crippen MR) is 48.0 cm³/mol. The van der Waals surface area contributed by atoms with Gasteiger partial charge in [0.2, 0.25) is 5.78 Å². The van der Waals surface area contributed by atoms with Gasteiger partial charge >= 0.3 is 0 Å². The van der Waals surface area contributed by atoms with E-state index >= 15 is 0 Å². The third-order valence-corrected chi connectivity index (χ3v) is 2.38. The van der Waals surface area contributed by atoms with Crippen LogP contribution in [0, 0.1) is 0 Å². The predicted octanol–water partition coefficient (Wildman–Crippen LogP) is 0.674. The summed E-state index contributed by atoms with van der Waals surface area (Å²) in [7, 11) is 0. The topological polar surface area (TPSA) is 37.4 Å². The fraction of sp³-hybridized carbons (Fsp3) is 0.400. The van der Waals surface area contributed by atoms with Crippen molar-refractivity contribution in [2.75, 3.05) is 13.1 Å². The maximum absolute atomic E-state index is 11.4. The van der Waals surface area contributed by atoms with Crippen LogP contribution in [0.25, 0.3) is 0 Å². The molecule has 1 aliphatic carbocycles. The third-order valence-electron chi connectivity index (χ3n) is 2.38. The van der Waals surface area contributed by atoms with E-state index in [4.69, 9.17) is 0 Å². The van der Waals surface area contributed by atoms with E-state index in [-0.39, 0.29) is 11.6 Å². The van der Waals surface area contributed by atoms with Gasteiger partial charge in [-0.25, -0.2) is 0 Å². The van der Waals surface area contributed by atoms with Gasteiger partial charge in [0.1, 0.15) is 0 Å².